The van der Waals surface area contributed by atoms with Gasteiger partial charge in [0.2, 0.25) is 0 Å². The summed E-state index contributed by atoms with van der Waals surface area (Å²) in [5.41, 5.74) is 1.68. The fourth-order valence-electron chi connectivity index (χ4n) is 1.59. The van der Waals surface area contributed by atoms with Crippen LogP contribution in [0.5, 0.6) is 0 Å². The molecule has 0 spiro atoms. The van der Waals surface area contributed by atoms with Gasteiger partial charge in [0.1, 0.15) is 5.82 Å². The minimum Gasteiger partial charge on any atom is -0.265 e. The van der Waals surface area contributed by atoms with Crippen LogP contribution in [0.2, 0.25) is 5.02 Å². The molecule has 1 atom stereocenters. The number of nitrogens with zero attached hydrogens (tertiary/aromatic N) is 1. The lowest BCUT2D eigenvalue weighted by atomic mass is 10.0. The standard InChI is InChI=1S/C13H10BrClFN/c14-12(7-9-3-5-17-6-4-9)11-8-10(15)1-2-13(11)16/h1-6,8,12H,7H2. The molecule has 1 heterocycles. The minimum atomic E-state index is -0.245. The van der Waals surface area contributed by atoms with Crippen LogP contribution >= 0.6 is 27.5 Å². The van der Waals surface area contributed by atoms with E-state index in [-0.39, 0.29) is 10.6 Å². The molecule has 0 bridgehead atoms. The number of halogens is 3. The van der Waals surface area contributed by atoms with Gasteiger partial charge in [-0.1, -0.05) is 27.5 Å². The molecule has 0 amide bonds. The van der Waals surface area contributed by atoms with Crippen molar-refractivity contribution < 1.29 is 4.39 Å². The third kappa shape index (κ3) is 3.27. The van der Waals surface area contributed by atoms with Crippen LogP contribution in [0.1, 0.15) is 16.0 Å². The van der Waals surface area contributed by atoms with E-state index in [2.05, 4.69) is 20.9 Å². The van der Waals surface area contributed by atoms with Gasteiger partial charge in [-0.2, -0.15) is 0 Å². The molecule has 2 rings (SSSR count). The monoisotopic (exact) mass is 313 g/mol. The molecule has 0 aliphatic heterocycles. The van der Waals surface area contributed by atoms with Crippen LogP contribution in [0.25, 0.3) is 0 Å². The first kappa shape index (κ1) is 12.5. The Morgan fingerprint density at radius 3 is 2.65 bits per heavy atom. The van der Waals surface area contributed by atoms with Gasteiger partial charge >= 0.3 is 0 Å². The topological polar surface area (TPSA) is 12.9 Å². The summed E-state index contributed by atoms with van der Waals surface area (Å²) in [6.45, 7) is 0. The van der Waals surface area contributed by atoms with E-state index in [1.165, 1.54) is 6.07 Å². The average molecular weight is 315 g/mol. The predicted molar refractivity (Wildman–Crippen MR) is 71.0 cm³/mol. The van der Waals surface area contributed by atoms with Crippen LogP contribution in [0.3, 0.4) is 0 Å². The van der Waals surface area contributed by atoms with E-state index >= 15 is 0 Å². The molecule has 88 valence electrons. The largest absolute Gasteiger partial charge is 0.265 e. The van der Waals surface area contributed by atoms with Gasteiger partial charge in [0.05, 0.1) is 0 Å². The van der Waals surface area contributed by atoms with Crippen molar-refractivity contribution in [3.63, 3.8) is 0 Å². The van der Waals surface area contributed by atoms with Crippen LogP contribution in [0, 0.1) is 5.82 Å². The van der Waals surface area contributed by atoms with Gasteiger partial charge < -0.3 is 0 Å². The summed E-state index contributed by atoms with van der Waals surface area (Å²) in [7, 11) is 0. The van der Waals surface area contributed by atoms with Gasteiger partial charge in [0.25, 0.3) is 0 Å². The number of pyridine rings is 1. The Kier molecular flexibility index (Phi) is 4.13. The molecule has 0 aliphatic rings. The lowest BCUT2D eigenvalue weighted by Gasteiger charge is -2.11. The Labute approximate surface area is 113 Å². The van der Waals surface area contributed by atoms with E-state index in [0.29, 0.717) is 17.0 Å². The maximum absolute atomic E-state index is 13.6. The summed E-state index contributed by atoms with van der Waals surface area (Å²) in [6, 6.07) is 8.41. The zero-order valence-corrected chi connectivity index (χ0v) is 11.2. The Balaban J connectivity index is 2.20. The molecule has 0 aliphatic carbocycles. The summed E-state index contributed by atoms with van der Waals surface area (Å²) in [4.78, 5) is 3.85. The Hall–Kier alpha value is -0.930. The number of rotatable bonds is 3. The molecule has 2 aromatic rings. The van der Waals surface area contributed by atoms with Gasteiger partial charge in [-0.15, -0.1) is 0 Å². The Bertz CT molecular complexity index is 504. The fraction of sp³-hybridized carbons (Fsp3) is 0.154. The highest BCUT2D eigenvalue weighted by Crippen LogP contribution is 2.30. The molecule has 0 N–H and O–H groups in total. The number of aromatic nitrogens is 1. The summed E-state index contributed by atoms with van der Waals surface area (Å²) in [5.74, 6) is -0.245. The van der Waals surface area contributed by atoms with Gasteiger partial charge in [-0.3, -0.25) is 4.98 Å². The van der Waals surface area contributed by atoms with Gasteiger partial charge in [-0.25, -0.2) is 4.39 Å². The number of alkyl halides is 1. The first-order valence-corrected chi connectivity index (χ1v) is 6.44. The van der Waals surface area contributed by atoms with Crippen molar-refractivity contribution in [3.05, 3.63) is 64.7 Å². The maximum atomic E-state index is 13.6. The molecular formula is C13H10BrClFN. The Morgan fingerprint density at radius 2 is 1.94 bits per heavy atom. The maximum Gasteiger partial charge on any atom is 0.127 e. The second kappa shape index (κ2) is 5.61. The average Bonchev–Trinajstić information content (AvgIpc) is 2.33. The van der Waals surface area contributed by atoms with Crippen molar-refractivity contribution in [3.8, 4) is 0 Å². The van der Waals surface area contributed by atoms with E-state index in [0.717, 1.165) is 5.56 Å². The van der Waals surface area contributed by atoms with Crippen molar-refractivity contribution in [1.29, 1.82) is 0 Å². The normalized spacial score (nSPS) is 12.4. The summed E-state index contributed by atoms with van der Waals surface area (Å²) in [6.07, 6.45) is 4.15. The summed E-state index contributed by atoms with van der Waals surface area (Å²) in [5, 5.41) is 0.542. The SMILES string of the molecule is Fc1ccc(Cl)cc1C(Br)Cc1ccncc1. The number of hydrogen-bond donors (Lipinski definition) is 0. The second-order valence-corrected chi connectivity index (χ2v) is 5.23. The van der Waals surface area contributed by atoms with E-state index < -0.39 is 0 Å². The second-order valence-electron chi connectivity index (χ2n) is 3.69. The van der Waals surface area contributed by atoms with E-state index in [4.69, 9.17) is 11.6 Å². The molecule has 0 saturated carbocycles. The van der Waals surface area contributed by atoms with E-state index in [1.807, 2.05) is 12.1 Å². The van der Waals surface area contributed by atoms with Crippen LogP contribution in [0.15, 0.2) is 42.7 Å². The fourth-order valence-corrected chi connectivity index (χ4v) is 2.50. The molecule has 0 saturated heterocycles. The predicted octanol–water partition coefficient (Wildman–Crippen LogP) is 4.55. The molecule has 17 heavy (non-hydrogen) atoms. The molecule has 0 fully saturated rings. The van der Waals surface area contributed by atoms with Gasteiger partial charge in [0.15, 0.2) is 0 Å². The zero-order valence-electron chi connectivity index (χ0n) is 8.91. The highest BCUT2D eigenvalue weighted by atomic mass is 79.9. The minimum absolute atomic E-state index is 0.0939. The first-order valence-electron chi connectivity index (χ1n) is 5.15. The highest BCUT2D eigenvalue weighted by molar-refractivity contribution is 9.09. The molecule has 1 aromatic heterocycles. The zero-order chi connectivity index (χ0) is 12.3. The lowest BCUT2D eigenvalue weighted by Crippen LogP contribution is -1.98. The Morgan fingerprint density at radius 1 is 1.24 bits per heavy atom. The van der Waals surface area contributed by atoms with Crippen LogP contribution in [-0.2, 0) is 6.42 Å². The molecule has 1 unspecified atom stereocenters. The highest BCUT2D eigenvalue weighted by Gasteiger charge is 2.13. The van der Waals surface area contributed by atoms with Crippen LogP contribution in [0.4, 0.5) is 4.39 Å². The smallest absolute Gasteiger partial charge is 0.127 e. The van der Waals surface area contributed by atoms with Crippen molar-refractivity contribution in [2.24, 2.45) is 0 Å². The molecular weight excluding hydrogens is 305 g/mol. The van der Waals surface area contributed by atoms with Crippen molar-refractivity contribution in [1.82, 2.24) is 4.98 Å². The summed E-state index contributed by atoms with van der Waals surface area (Å²) < 4.78 is 13.6. The van der Waals surface area contributed by atoms with Gasteiger partial charge in [0, 0.05) is 27.8 Å². The third-order valence-corrected chi connectivity index (χ3v) is 3.51. The molecule has 1 aromatic carbocycles. The van der Waals surface area contributed by atoms with E-state index in [9.17, 15) is 4.39 Å². The number of benzene rings is 1. The van der Waals surface area contributed by atoms with Crippen molar-refractivity contribution >= 4 is 27.5 Å². The quantitative estimate of drug-likeness (QED) is 0.757. The first-order chi connectivity index (χ1) is 8.16. The van der Waals surface area contributed by atoms with Crippen molar-refractivity contribution in [2.75, 3.05) is 0 Å². The van der Waals surface area contributed by atoms with Crippen LogP contribution < -0.4 is 0 Å². The molecule has 1 nitrogen and oxygen atoms in total. The molecule has 4 heteroatoms. The van der Waals surface area contributed by atoms with Crippen molar-refractivity contribution in [2.45, 2.75) is 11.2 Å². The molecule has 0 radical (unpaired) electrons. The van der Waals surface area contributed by atoms with Gasteiger partial charge in [-0.05, 0) is 42.3 Å². The third-order valence-electron chi connectivity index (χ3n) is 2.46. The summed E-state index contributed by atoms with van der Waals surface area (Å²) >= 11 is 9.36. The van der Waals surface area contributed by atoms with E-state index in [1.54, 1.807) is 24.5 Å². The van der Waals surface area contributed by atoms with Crippen LogP contribution in [-0.4, -0.2) is 4.98 Å². The lowest BCUT2D eigenvalue weighted by molar-refractivity contribution is 0.608. The number of hydrogen-bond acceptors (Lipinski definition) is 1.